The highest BCUT2D eigenvalue weighted by Crippen LogP contribution is 2.41. The third kappa shape index (κ3) is 2.45. The van der Waals surface area contributed by atoms with Crippen LogP contribution in [0.4, 0.5) is 0 Å². The highest BCUT2D eigenvalue weighted by molar-refractivity contribution is 7.28. The smallest absolute Gasteiger partial charge is 0.135 e. The monoisotopic (exact) mass is 454 g/mol. The molecule has 0 spiro atoms. The van der Waals surface area contributed by atoms with Gasteiger partial charge in [0.2, 0.25) is 0 Å². The van der Waals surface area contributed by atoms with Gasteiger partial charge in [-0.3, -0.25) is 0 Å². The standard InChI is InChI=1S/C31H22SSi/c1-21-20-26-24-16-9-11-19-28(24)33(22-12-4-2-5-13-22,23-14-6-3-7-15-23)31(26)29-25-17-8-10-18-27(25)32-30(21)29/h2-20H,1H3. The van der Waals surface area contributed by atoms with E-state index in [9.17, 15) is 0 Å². The van der Waals surface area contributed by atoms with Gasteiger partial charge in [-0.25, -0.2) is 0 Å². The summed E-state index contributed by atoms with van der Waals surface area (Å²) >= 11 is 1.95. The van der Waals surface area contributed by atoms with Crippen LogP contribution in [0.25, 0.3) is 31.3 Å². The molecule has 5 aromatic carbocycles. The largest absolute Gasteiger partial charge is 0.181 e. The number of hydrogen-bond donors (Lipinski definition) is 0. The van der Waals surface area contributed by atoms with Crippen LogP contribution >= 0.6 is 11.3 Å². The molecule has 0 bridgehead atoms. The molecule has 1 aliphatic heterocycles. The molecule has 2 heteroatoms. The summed E-state index contributed by atoms with van der Waals surface area (Å²) in [5.41, 5.74) is 4.22. The van der Waals surface area contributed by atoms with E-state index in [1.807, 2.05) is 11.3 Å². The molecule has 156 valence electrons. The maximum atomic E-state index is 2.46. The van der Waals surface area contributed by atoms with Crippen LogP contribution in [0.15, 0.2) is 115 Å². The third-order valence-electron chi connectivity index (χ3n) is 7.24. The van der Waals surface area contributed by atoms with Crippen LogP contribution in [0.2, 0.25) is 0 Å². The zero-order chi connectivity index (χ0) is 22.0. The quantitative estimate of drug-likeness (QED) is 0.293. The molecule has 0 amide bonds. The van der Waals surface area contributed by atoms with E-state index in [1.165, 1.54) is 52.4 Å². The molecule has 0 saturated heterocycles. The summed E-state index contributed by atoms with van der Waals surface area (Å²) in [7, 11) is -2.49. The van der Waals surface area contributed by atoms with E-state index in [2.05, 4.69) is 122 Å². The van der Waals surface area contributed by atoms with Crippen LogP contribution in [-0.4, -0.2) is 8.07 Å². The molecule has 0 atom stereocenters. The Hall–Kier alpha value is -3.46. The van der Waals surface area contributed by atoms with Crippen molar-refractivity contribution in [2.75, 3.05) is 0 Å². The Morgan fingerprint density at radius 1 is 0.606 bits per heavy atom. The molecule has 33 heavy (non-hydrogen) atoms. The Kier molecular flexibility index (Phi) is 4.05. The van der Waals surface area contributed by atoms with Crippen molar-refractivity contribution in [3.63, 3.8) is 0 Å². The molecule has 0 aliphatic carbocycles. The first-order valence-electron chi connectivity index (χ1n) is 11.5. The Morgan fingerprint density at radius 3 is 1.94 bits per heavy atom. The predicted molar refractivity (Wildman–Crippen MR) is 147 cm³/mol. The van der Waals surface area contributed by atoms with Gasteiger partial charge in [0.15, 0.2) is 8.07 Å². The maximum absolute atomic E-state index is 2.49. The van der Waals surface area contributed by atoms with Gasteiger partial charge in [-0.05, 0) is 50.4 Å². The van der Waals surface area contributed by atoms with Gasteiger partial charge in [0.1, 0.15) is 0 Å². The summed E-state index contributed by atoms with van der Waals surface area (Å²) < 4.78 is 2.82. The molecule has 1 aliphatic rings. The van der Waals surface area contributed by atoms with Crippen molar-refractivity contribution in [3.8, 4) is 11.1 Å². The van der Waals surface area contributed by atoms with Crippen molar-refractivity contribution >= 4 is 60.3 Å². The lowest BCUT2D eigenvalue weighted by Crippen LogP contribution is -2.72. The van der Waals surface area contributed by atoms with Crippen molar-refractivity contribution < 1.29 is 0 Å². The summed E-state index contributed by atoms with van der Waals surface area (Å²) in [6.07, 6.45) is 0. The van der Waals surface area contributed by atoms with Gasteiger partial charge in [0.25, 0.3) is 0 Å². The molecule has 2 heterocycles. The van der Waals surface area contributed by atoms with E-state index < -0.39 is 8.07 Å². The number of aryl methyl sites for hydroxylation is 1. The molecular formula is C31H22SSi. The highest BCUT2D eigenvalue weighted by Gasteiger charge is 2.50. The summed E-state index contributed by atoms with van der Waals surface area (Å²) in [5, 5.41) is 8.87. The predicted octanol–water partition coefficient (Wildman–Crippen LogP) is 5.72. The molecular weight excluding hydrogens is 432 g/mol. The zero-order valence-electron chi connectivity index (χ0n) is 18.4. The van der Waals surface area contributed by atoms with Crippen molar-refractivity contribution in [3.05, 3.63) is 121 Å². The number of thiophene rings is 1. The van der Waals surface area contributed by atoms with E-state index >= 15 is 0 Å². The second kappa shape index (κ2) is 7.02. The van der Waals surface area contributed by atoms with E-state index in [0.717, 1.165) is 0 Å². The SMILES string of the molecule is Cc1cc2c(c3c1sc1ccccc13)[Si](c1ccccc1)(c1ccccc1)c1ccccc1-2. The van der Waals surface area contributed by atoms with Crippen molar-refractivity contribution in [2.45, 2.75) is 6.92 Å². The maximum Gasteiger partial charge on any atom is 0.181 e. The van der Waals surface area contributed by atoms with Crippen molar-refractivity contribution in [1.29, 1.82) is 0 Å². The number of benzene rings is 5. The van der Waals surface area contributed by atoms with Gasteiger partial charge >= 0.3 is 0 Å². The van der Waals surface area contributed by atoms with Crippen LogP contribution in [0, 0.1) is 6.92 Å². The lowest BCUT2D eigenvalue weighted by molar-refractivity contribution is 1.56. The highest BCUT2D eigenvalue weighted by atomic mass is 32.1. The minimum absolute atomic E-state index is 1.38. The van der Waals surface area contributed by atoms with E-state index in [0.29, 0.717) is 0 Å². The van der Waals surface area contributed by atoms with Gasteiger partial charge < -0.3 is 0 Å². The Bertz CT molecular complexity index is 1620. The fourth-order valence-electron chi connectivity index (χ4n) is 5.98. The summed E-state index contributed by atoms with van der Waals surface area (Å²) in [5.74, 6) is 0. The van der Waals surface area contributed by atoms with Crippen LogP contribution < -0.4 is 20.7 Å². The van der Waals surface area contributed by atoms with Crippen LogP contribution in [0.1, 0.15) is 5.56 Å². The first-order chi connectivity index (χ1) is 16.3. The molecule has 0 fully saturated rings. The molecule has 0 unspecified atom stereocenters. The molecule has 7 rings (SSSR count). The molecule has 6 aromatic rings. The number of hydrogen-bond acceptors (Lipinski definition) is 1. The van der Waals surface area contributed by atoms with Crippen LogP contribution in [0.5, 0.6) is 0 Å². The number of fused-ring (bicyclic) bond motifs is 7. The fourth-order valence-corrected chi connectivity index (χ4v) is 12.7. The second-order valence-electron chi connectivity index (χ2n) is 8.95. The summed E-state index contributed by atoms with van der Waals surface area (Å²) in [6, 6.07) is 43.2. The topological polar surface area (TPSA) is 0 Å². The third-order valence-corrected chi connectivity index (χ3v) is 13.5. The molecule has 0 N–H and O–H groups in total. The van der Waals surface area contributed by atoms with Gasteiger partial charge in [-0.2, -0.15) is 0 Å². The summed E-state index contributed by atoms with van der Waals surface area (Å²) in [6.45, 7) is 2.28. The lowest BCUT2D eigenvalue weighted by Gasteiger charge is -2.32. The average Bonchev–Trinajstić information content (AvgIpc) is 3.40. The number of rotatable bonds is 2. The minimum atomic E-state index is -2.49. The Morgan fingerprint density at radius 2 is 1.21 bits per heavy atom. The molecule has 1 aromatic heterocycles. The normalized spacial score (nSPS) is 13.8. The summed E-state index contributed by atoms with van der Waals surface area (Å²) in [4.78, 5) is 0. The van der Waals surface area contributed by atoms with Gasteiger partial charge in [-0.1, -0.05) is 109 Å². The fraction of sp³-hybridized carbons (Fsp3) is 0.0323. The second-order valence-corrected chi connectivity index (χ2v) is 13.7. The van der Waals surface area contributed by atoms with Crippen LogP contribution in [0.3, 0.4) is 0 Å². The van der Waals surface area contributed by atoms with E-state index in [1.54, 1.807) is 5.19 Å². The van der Waals surface area contributed by atoms with Crippen molar-refractivity contribution in [1.82, 2.24) is 0 Å². The van der Waals surface area contributed by atoms with Gasteiger partial charge in [-0.15, -0.1) is 11.3 Å². The van der Waals surface area contributed by atoms with Gasteiger partial charge in [0.05, 0.1) is 0 Å². The molecule has 0 saturated carbocycles. The Labute approximate surface area is 198 Å². The first kappa shape index (κ1) is 19.0. The van der Waals surface area contributed by atoms with Crippen LogP contribution in [-0.2, 0) is 0 Å². The lowest BCUT2D eigenvalue weighted by atomic mass is 10.00. The van der Waals surface area contributed by atoms with Crippen molar-refractivity contribution in [2.24, 2.45) is 0 Å². The van der Waals surface area contributed by atoms with E-state index in [-0.39, 0.29) is 0 Å². The average molecular weight is 455 g/mol. The Balaban J connectivity index is 1.79. The minimum Gasteiger partial charge on any atom is -0.135 e. The zero-order valence-corrected chi connectivity index (χ0v) is 20.2. The van der Waals surface area contributed by atoms with E-state index in [4.69, 9.17) is 0 Å². The molecule has 0 nitrogen and oxygen atoms in total. The molecule has 0 radical (unpaired) electrons. The first-order valence-corrected chi connectivity index (χ1v) is 14.3. The van der Waals surface area contributed by atoms with Gasteiger partial charge in [0, 0.05) is 20.2 Å².